The highest BCUT2D eigenvalue weighted by atomic mass is 16.5. The van der Waals surface area contributed by atoms with Gasteiger partial charge in [-0.25, -0.2) is 9.78 Å². The van der Waals surface area contributed by atoms with E-state index in [9.17, 15) is 4.79 Å². The lowest BCUT2D eigenvalue weighted by Gasteiger charge is -2.08. The Balaban J connectivity index is 1.67. The van der Waals surface area contributed by atoms with Crippen LogP contribution in [-0.4, -0.2) is 22.6 Å². The topological polar surface area (TPSA) is 44.1 Å². The number of benzene rings is 3. The molecule has 0 amide bonds. The fourth-order valence-electron chi connectivity index (χ4n) is 3.03. The van der Waals surface area contributed by atoms with Gasteiger partial charge in [-0.2, -0.15) is 0 Å². The summed E-state index contributed by atoms with van der Waals surface area (Å²) in [4.78, 5) is 16.0. The zero-order valence-electron chi connectivity index (χ0n) is 14.9. The maximum atomic E-state index is 11.5. The standard InChI is InChI=1S/C23H18N2O2/c1-27-23(26)19-14-11-17(12-15-19)10-13-18-6-2-4-8-21(18)25-16-24-20-7-3-5-9-22(20)25/h2-16H,1H3. The third-order valence-electron chi connectivity index (χ3n) is 4.44. The molecule has 27 heavy (non-hydrogen) atoms. The molecule has 0 spiro atoms. The molecule has 4 aromatic rings. The first-order chi connectivity index (χ1) is 13.3. The number of hydrogen-bond acceptors (Lipinski definition) is 3. The number of carbonyl (C=O) groups excluding carboxylic acids is 1. The highest BCUT2D eigenvalue weighted by Gasteiger charge is 2.07. The van der Waals surface area contributed by atoms with Gasteiger partial charge in [0.1, 0.15) is 6.33 Å². The van der Waals surface area contributed by atoms with E-state index in [1.165, 1.54) is 7.11 Å². The maximum Gasteiger partial charge on any atom is 0.337 e. The van der Waals surface area contributed by atoms with Crippen LogP contribution in [0.15, 0.2) is 79.1 Å². The first kappa shape index (κ1) is 16.8. The second-order valence-electron chi connectivity index (χ2n) is 6.11. The molecule has 4 heteroatoms. The molecule has 0 radical (unpaired) electrons. The Morgan fingerprint density at radius 1 is 0.926 bits per heavy atom. The van der Waals surface area contributed by atoms with Crippen LogP contribution in [0.3, 0.4) is 0 Å². The summed E-state index contributed by atoms with van der Waals surface area (Å²) in [5.74, 6) is -0.331. The molecule has 0 bridgehead atoms. The minimum Gasteiger partial charge on any atom is -0.465 e. The van der Waals surface area contributed by atoms with Crippen LogP contribution in [0.2, 0.25) is 0 Å². The molecule has 3 aromatic carbocycles. The number of methoxy groups -OCH3 is 1. The summed E-state index contributed by atoms with van der Waals surface area (Å²) < 4.78 is 6.82. The second-order valence-corrected chi connectivity index (χ2v) is 6.11. The van der Waals surface area contributed by atoms with Crippen molar-refractivity contribution >= 4 is 29.2 Å². The van der Waals surface area contributed by atoms with Crippen LogP contribution in [0.25, 0.3) is 28.9 Å². The molecule has 132 valence electrons. The molecule has 0 fully saturated rings. The lowest BCUT2D eigenvalue weighted by molar-refractivity contribution is 0.0600. The van der Waals surface area contributed by atoms with Gasteiger partial charge in [0.25, 0.3) is 0 Å². The number of ether oxygens (including phenoxy) is 1. The summed E-state index contributed by atoms with van der Waals surface area (Å²) in [6.07, 6.45) is 5.94. The van der Waals surface area contributed by atoms with Crippen molar-refractivity contribution in [3.05, 3.63) is 95.8 Å². The van der Waals surface area contributed by atoms with E-state index in [4.69, 9.17) is 4.74 Å². The van der Waals surface area contributed by atoms with Gasteiger partial charge in [-0.1, -0.05) is 54.6 Å². The first-order valence-electron chi connectivity index (χ1n) is 8.64. The van der Waals surface area contributed by atoms with Crippen LogP contribution in [0, 0.1) is 0 Å². The average molecular weight is 354 g/mol. The number of rotatable bonds is 4. The number of imidazole rings is 1. The Morgan fingerprint density at radius 2 is 1.67 bits per heavy atom. The van der Waals surface area contributed by atoms with Gasteiger partial charge in [-0.3, -0.25) is 4.57 Å². The zero-order valence-corrected chi connectivity index (χ0v) is 14.9. The normalized spacial score (nSPS) is 11.1. The van der Waals surface area contributed by atoms with Gasteiger partial charge in [0.15, 0.2) is 0 Å². The van der Waals surface area contributed by atoms with Gasteiger partial charge >= 0.3 is 5.97 Å². The van der Waals surface area contributed by atoms with Crippen molar-refractivity contribution in [3.8, 4) is 5.69 Å². The first-order valence-corrected chi connectivity index (χ1v) is 8.64. The smallest absolute Gasteiger partial charge is 0.337 e. The average Bonchev–Trinajstić information content (AvgIpc) is 3.16. The highest BCUT2D eigenvalue weighted by molar-refractivity contribution is 5.89. The monoisotopic (exact) mass is 354 g/mol. The Kier molecular flexibility index (Phi) is 4.54. The number of para-hydroxylation sites is 3. The van der Waals surface area contributed by atoms with E-state index in [0.717, 1.165) is 27.8 Å². The molecule has 0 aliphatic carbocycles. The van der Waals surface area contributed by atoms with E-state index < -0.39 is 0 Å². The molecule has 0 atom stereocenters. The molecule has 0 saturated carbocycles. The SMILES string of the molecule is COC(=O)c1ccc(C=Cc2ccccc2-n2cnc3ccccc32)cc1. The Bertz CT molecular complexity index is 1120. The summed E-state index contributed by atoms with van der Waals surface area (Å²) >= 11 is 0. The van der Waals surface area contributed by atoms with Crippen molar-refractivity contribution in [2.75, 3.05) is 7.11 Å². The zero-order chi connectivity index (χ0) is 18.6. The number of carbonyl (C=O) groups is 1. The van der Waals surface area contributed by atoms with E-state index in [1.807, 2.05) is 54.9 Å². The lowest BCUT2D eigenvalue weighted by Crippen LogP contribution is -2.00. The molecular weight excluding hydrogens is 336 g/mol. The van der Waals surface area contributed by atoms with Gasteiger partial charge in [0, 0.05) is 0 Å². The molecule has 0 aliphatic rings. The summed E-state index contributed by atoms with van der Waals surface area (Å²) in [6.45, 7) is 0. The number of fused-ring (bicyclic) bond motifs is 1. The minimum absolute atomic E-state index is 0.331. The third-order valence-corrected chi connectivity index (χ3v) is 4.44. The van der Waals surface area contributed by atoms with Crippen molar-refractivity contribution in [2.45, 2.75) is 0 Å². The molecule has 0 saturated heterocycles. The number of nitrogens with zero attached hydrogens (tertiary/aromatic N) is 2. The third kappa shape index (κ3) is 3.37. The fourth-order valence-corrected chi connectivity index (χ4v) is 3.03. The molecule has 4 nitrogen and oxygen atoms in total. The van der Waals surface area contributed by atoms with Crippen molar-refractivity contribution < 1.29 is 9.53 Å². The Labute approximate surface area is 157 Å². The van der Waals surface area contributed by atoms with Crippen LogP contribution >= 0.6 is 0 Å². The van der Waals surface area contributed by atoms with E-state index in [-0.39, 0.29) is 5.97 Å². The summed E-state index contributed by atoms with van der Waals surface area (Å²) in [5, 5.41) is 0. The molecule has 1 heterocycles. The van der Waals surface area contributed by atoms with E-state index in [1.54, 1.807) is 12.1 Å². The summed E-state index contributed by atoms with van der Waals surface area (Å²) in [7, 11) is 1.38. The number of esters is 1. The van der Waals surface area contributed by atoms with Gasteiger partial charge in [0.05, 0.1) is 29.4 Å². The molecule has 0 aliphatic heterocycles. The van der Waals surface area contributed by atoms with Gasteiger partial charge in [0.2, 0.25) is 0 Å². The van der Waals surface area contributed by atoms with Crippen LogP contribution in [-0.2, 0) is 4.74 Å². The summed E-state index contributed by atoms with van der Waals surface area (Å²) in [5.41, 5.74) is 5.73. The van der Waals surface area contributed by atoms with Gasteiger partial charge in [-0.15, -0.1) is 0 Å². The molecule has 4 rings (SSSR count). The van der Waals surface area contributed by atoms with Crippen LogP contribution in [0.4, 0.5) is 0 Å². The largest absolute Gasteiger partial charge is 0.465 e. The molecule has 0 unspecified atom stereocenters. The predicted molar refractivity (Wildman–Crippen MR) is 108 cm³/mol. The second kappa shape index (κ2) is 7.30. The Hall–Kier alpha value is -3.66. The van der Waals surface area contributed by atoms with Crippen LogP contribution < -0.4 is 0 Å². The summed E-state index contributed by atoms with van der Waals surface area (Å²) in [6, 6.07) is 23.6. The van der Waals surface area contributed by atoms with E-state index in [2.05, 4.69) is 33.8 Å². The fraction of sp³-hybridized carbons (Fsp3) is 0.0435. The van der Waals surface area contributed by atoms with Crippen molar-refractivity contribution in [1.82, 2.24) is 9.55 Å². The van der Waals surface area contributed by atoms with Crippen LogP contribution in [0.5, 0.6) is 0 Å². The van der Waals surface area contributed by atoms with Crippen molar-refractivity contribution in [2.24, 2.45) is 0 Å². The molecule has 0 N–H and O–H groups in total. The number of aromatic nitrogens is 2. The lowest BCUT2D eigenvalue weighted by atomic mass is 10.1. The quantitative estimate of drug-likeness (QED) is 0.383. The number of hydrogen-bond donors (Lipinski definition) is 0. The van der Waals surface area contributed by atoms with Crippen molar-refractivity contribution in [1.29, 1.82) is 0 Å². The Morgan fingerprint density at radius 3 is 2.48 bits per heavy atom. The molecular formula is C23H18N2O2. The maximum absolute atomic E-state index is 11.5. The van der Waals surface area contributed by atoms with Crippen molar-refractivity contribution in [3.63, 3.8) is 0 Å². The van der Waals surface area contributed by atoms with Gasteiger partial charge < -0.3 is 4.74 Å². The highest BCUT2D eigenvalue weighted by Crippen LogP contribution is 2.22. The van der Waals surface area contributed by atoms with Gasteiger partial charge in [-0.05, 0) is 41.5 Å². The van der Waals surface area contributed by atoms with Crippen LogP contribution in [0.1, 0.15) is 21.5 Å². The van der Waals surface area contributed by atoms with E-state index in [0.29, 0.717) is 5.56 Å². The minimum atomic E-state index is -0.331. The van der Waals surface area contributed by atoms with E-state index >= 15 is 0 Å². The molecule has 1 aromatic heterocycles. The predicted octanol–water partition coefficient (Wildman–Crippen LogP) is 4.98.